The molecule has 0 radical (unpaired) electrons. The monoisotopic (exact) mass is 228 g/mol. The molecule has 5 nitrogen and oxygen atoms in total. The van der Waals surface area contributed by atoms with Crippen LogP contribution in [-0.4, -0.2) is 19.8 Å². The topological polar surface area (TPSA) is 52.7 Å². The number of aromatic nitrogens is 4. The summed E-state index contributed by atoms with van der Waals surface area (Å²) in [6.07, 6.45) is -2.77. The summed E-state index contributed by atoms with van der Waals surface area (Å²) < 4.78 is 34.5. The van der Waals surface area contributed by atoms with E-state index >= 15 is 0 Å². The molecule has 0 aliphatic rings. The lowest BCUT2D eigenvalue weighted by atomic mass is 10.2. The Morgan fingerprint density at radius 2 is 2.19 bits per heavy atom. The van der Waals surface area contributed by atoms with Crippen LogP contribution in [0.2, 0.25) is 0 Å². The van der Waals surface area contributed by atoms with Crippen molar-refractivity contribution in [3.63, 3.8) is 0 Å². The van der Waals surface area contributed by atoms with Gasteiger partial charge in [-0.3, -0.25) is 0 Å². The predicted molar refractivity (Wildman–Crippen MR) is 51.6 cm³/mol. The number of hydrogen-bond donors (Lipinski definition) is 0. The maximum atomic E-state index is 12.6. The summed E-state index contributed by atoms with van der Waals surface area (Å²) in [7, 11) is 1.38. The van der Waals surface area contributed by atoms with Crippen molar-refractivity contribution in [3.8, 4) is 5.69 Å². The van der Waals surface area contributed by atoms with Crippen LogP contribution < -0.4 is 5.69 Å². The van der Waals surface area contributed by atoms with Crippen LogP contribution in [-0.2, 0) is 7.05 Å². The van der Waals surface area contributed by atoms with E-state index in [0.29, 0.717) is 0 Å². The zero-order valence-corrected chi connectivity index (χ0v) is 8.26. The first-order valence-electron chi connectivity index (χ1n) is 4.89. The summed E-state index contributed by atoms with van der Waals surface area (Å²) in [5.74, 6) is 0. The van der Waals surface area contributed by atoms with Gasteiger partial charge in [-0.1, -0.05) is 12.1 Å². The molecule has 2 aromatic rings. The van der Waals surface area contributed by atoms with Gasteiger partial charge in [-0.2, -0.15) is 9.36 Å². The van der Waals surface area contributed by atoms with Crippen LogP contribution in [0.5, 0.6) is 0 Å². The second-order valence-corrected chi connectivity index (χ2v) is 3.09. The zero-order valence-electron chi connectivity index (χ0n) is 9.26. The van der Waals surface area contributed by atoms with Gasteiger partial charge in [0.05, 0.1) is 7.06 Å². The molecular formula is C9H8F2N4O. The van der Waals surface area contributed by atoms with Gasteiger partial charge in [0.25, 0.3) is 6.43 Å². The molecule has 0 amide bonds. The fourth-order valence-corrected chi connectivity index (χ4v) is 1.19. The molecule has 1 aromatic heterocycles. The van der Waals surface area contributed by atoms with Crippen molar-refractivity contribution >= 4 is 0 Å². The van der Waals surface area contributed by atoms with Gasteiger partial charge in [-0.05, 0) is 22.5 Å². The molecule has 0 aliphatic carbocycles. The molecule has 0 aliphatic heterocycles. The van der Waals surface area contributed by atoms with Crippen molar-refractivity contribution in [3.05, 3.63) is 40.3 Å². The van der Waals surface area contributed by atoms with Crippen molar-refractivity contribution in [2.24, 2.45) is 7.05 Å². The fraction of sp³-hybridized carbons (Fsp3) is 0.222. The second-order valence-electron chi connectivity index (χ2n) is 3.09. The molecule has 84 valence electrons. The van der Waals surface area contributed by atoms with Crippen molar-refractivity contribution < 1.29 is 10.2 Å². The van der Waals surface area contributed by atoms with Crippen LogP contribution in [0.25, 0.3) is 5.69 Å². The molecule has 16 heavy (non-hydrogen) atoms. The lowest BCUT2D eigenvalue weighted by Gasteiger charge is -2.02. The maximum absolute atomic E-state index is 12.6. The summed E-state index contributed by atoms with van der Waals surface area (Å²) in [5, 5.41) is 6.95. The molecule has 1 heterocycles. The van der Waals surface area contributed by atoms with E-state index in [0.717, 1.165) is 15.4 Å². The standard InChI is InChI=1S/C9H8F2N4O/c1-14-9(16)15(13-12-14)7-4-2-3-6(5-7)8(10)11/h2-5,8H,1H3/i5T. The molecule has 0 spiro atoms. The molecule has 0 atom stereocenters. The van der Waals surface area contributed by atoms with E-state index in [4.69, 9.17) is 1.37 Å². The van der Waals surface area contributed by atoms with Crippen LogP contribution in [0.3, 0.4) is 0 Å². The van der Waals surface area contributed by atoms with Crippen LogP contribution in [0.15, 0.2) is 29.0 Å². The number of benzene rings is 1. The van der Waals surface area contributed by atoms with E-state index in [2.05, 4.69) is 10.4 Å². The summed E-state index contributed by atoms with van der Waals surface area (Å²) in [4.78, 5) is 11.5. The highest BCUT2D eigenvalue weighted by Crippen LogP contribution is 2.20. The third-order valence-corrected chi connectivity index (χ3v) is 1.99. The van der Waals surface area contributed by atoms with Crippen LogP contribution >= 0.6 is 0 Å². The fourth-order valence-electron chi connectivity index (χ4n) is 1.19. The number of aryl methyl sites for hydroxylation is 1. The van der Waals surface area contributed by atoms with E-state index in [1.807, 2.05) is 0 Å². The van der Waals surface area contributed by atoms with Gasteiger partial charge in [0.15, 0.2) is 0 Å². The van der Waals surface area contributed by atoms with Gasteiger partial charge in [0.1, 0.15) is 0 Å². The van der Waals surface area contributed by atoms with Gasteiger partial charge in [-0.15, -0.1) is 0 Å². The molecule has 0 N–H and O–H groups in total. The number of alkyl halides is 2. The van der Waals surface area contributed by atoms with Crippen LogP contribution in [0.1, 0.15) is 13.4 Å². The van der Waals surface area contributed by atoms with Gasteiger partial charge in [0.2, 0.25) is 0 Å². The Labute approximate surface area is 90.3 Å². The number of nitrogens with zero attached hydrogens (tertiary/aromatic N) is 4. The summed E-state index contributed by atoms with van der Waals surface area (Å²) in [6.45, 7) is 0. The minimum absolute atomic E-state index is 0.0131. The highest BCUT2D eigenvalue weighted by Gasteiger charge is 2.10. The summed E-state index contributed by atoms with van der Waals surface area (Å²) in [5.41, 5.74) is -1.05. The smallest absolute Gasteiger partial charge is 0.244 e. The van der Waals surface area contributed by atoms with E-state index in [1.54, 1.807) is 0 Å². The predicted octanol–water partition coefficient (Wildman–Crippen LogP) is 0.904. The Morgan fingerprint density at radius 1 is 1.44 bits per heavy atom. The van der Waals surface area contributed by atoms with E-state index in [9.17, 15) is 13.6 Å². The Hall–Kier alpha value is -2.05. The lowest BCUT2D eigenvalue weighted by Crippen LogP contribution is -2.21. The SMILES string of the molecule is [3H]c1c(C(F)F)cccc1-n1nnn(C)c1=O. The lowest BCUT2D eigenvalue weighted by molar-refractivity contribution is 0.151. The van der Waals surface area contributed by atoms with Crippen molar-refractivity contribution in [1.82, 2.24) is 19.8 Å². The van der Waals surface area contributed by atoms with Crippen molar-refractivity contribution in [1.29, 1.82) is 0 Å². The van der Waals surface area contributed by atoms with Crippen molar-refractivity contribution in [2.75, 3.05) is 0 Å². The second kappa shape index (κ2) is 3.84. The Kier molecular flexibility index (Phi) is 2.21. The molecule has 0 fully saturated rings. The minimum Gasteiger partial charge on any atom is -0.244 e. The van der Waals surface area contributed by atoms with Gasteiger partial charge < -0.3 is 0 Å². The molecule has 0 saturated heterocycles. The molecule has 2 rings (SSSR count). The van der Waals surface area contributed by atoms with E-state index < -0.39 is 23.7 Å². The highest BCUT2D eigenvalue weighted by molar-refractivity contribution is 5.34. The molecular weight excluding hydrogens is 218 g/mol. The Morgan fingerprint density at radius 3 is 2.75 bits per heavy atom. The number of rotatable bonds is 2. The number of hydrogen-bond acceptors (Lipinski definition) is 3. The van der Waals surface area contributed by atoms with Crippen molar-refractivity contribution in [2.45, 2.75) is 6.43 Å². The number of tetrazole rings is 1. The molecule has 1 aromatic carbocycles. The van der Waals surface area contributed by atoms with Crippen LogP contribution in [0.4, 0.5) is 8.78 Å². The average molecular weight is 228 g/mol. The van der Waals surface area contributed by atoms with Gasteiger partial charge >= 0.3 is 5.69 Å². The van der Waals surface area contributed by atoms with Gasteiger partial charge in [-0.25, -0.2) is 13.6 Å². The van der Waals surface area contributed by atoms with Gasteiger partial charge in [0, 0.05) is 12.6 Å². The minimum atomic E-state index is -2.77. The molecule has 0 bridgehead atoms. The molecule has 0 saturated carbocycles. The number of halogens is 2. The molecule has 7 heteroatoms. The zero-order chi connectivity index (χ0) is 12.6. The third-order valence-electron chi connectivity index (χ3n) is 1.99. The first-order chi connectivity index (χ1) is 8.02. The first-order valence-corrected chi connectivity index (χ1v) is 4.39. The quantitative estimate of drug-likeness (QED) is 0.767. The Balaban J connectivity index is 2.65. The van der Waals surface area contributed by atoms with E-state index in [1.165, 1.54) is 19.2 Å². The van der Waals surface area contributed by atoms with Crippen LogP contribution in [0, 0.1) is 0 Å². The third kappa shape index (κ3) is 1.71. The molecule has 0 unspecified atom stereocenters. The largest absolute Gasteiger partial charge is 0.368 e. The maximum Gasteiger partial charge on any atom is 0.368 e. The summed E-state index contributed by atoms with van der Waals surface area (Å²) in [6, 6.07) is 3.42. The highest BCUT2D eigenvalue weighted by atomic mass is 19.3. The normalized spacial score (nSPS) is 11.9. The first kappa shape index (κ1) is 9.20. The van der Waals surface area contributed by atoms with E-state index in [-0.39, 0.29) is 5.69 Å². The summed E-state index contributed by atoms with van der Waals surface area (Å²) >= 11 is 0. The Bertz CT molecular complexity index is 607. The average Bonchev–Trinajstić information content (AvgIpc) is 2.60.